The molecule has 1 aromatic rings. The van der Waals surface area contributed by atoms with Crippen LogP contribution in [0.4, 0.5) is 0 Å². The molecule has 0 radical (unpaired) electrons. The zero-order valence-corrected chi connectivity index (χ0v) is 7.68. The van der Waals surface area contributed by atoms with Crippen LogP contribution in [0.2, 0.25) is 0 Å². The largest absolute Gasteiger partial charge is 0.400 e. The van der Waals surface area contributed by atoms with E-state index in [0.29, 0.717) is 0 Å². The van der Waals surface area contributed by atoms with E-state index in [4.69, 9.17) is 5.11 Å². The highest BCUT2D eigenvalue weighted by molar-refractivity contribution is 5.28. The molecule has 0 spiro atoms. The molecule has 0 aromatic heterocycles. The van der Waals surface area contributed by atoms with Gasteiger partial charge in [0.25, 0.3) is 0 Å². The van der Waals surface area contributed by atoms with Crippen LogP contribution in [0.3, 0.4) is 0 Å². The lowest BCUT2D eigenvalue weighted by Crippen LogP contribution is -1.79. The Labute approximate surface area is 68.7 Å². The van der Waals surface area contributed by atoms with Gasteiger partial charge in [-0.2, -0.15) is 0 Å². The summed E-state index contributed by atoms with van der Waals surface area (Å²) in [5.74, 6) is 0. The number of aryl methyl sites for hydroxylation is 3. The molecule has 0 aliphatic rings. The molecule has 1 aromatic carbocycles. The van der Waals surface area contributed by atoms with Crippen LogP contribution < -0.4 is 0 Å². The quantitative estimate of drug-likeness (QED) is 0.604. The molecule has 1 N–H and O–H groups in total. The number of aliphatic hydroxyl groups is 1. The van der Waals surface area contributed by atoms with Crippen LogP contribution in [0.1, 0.15) is 16.7 Å². The summed E-state index contributed by atoms with van der Waals surface area (Å²) in [6.45, 7) is 6.39. The highest BCUT2D eigenvalue weighted by Gasteiger charge is 1.89. The molecule has 1 rings (SSSR count). The number of aliphatic hydroxyl groups excluding tert-OH is 1. The standard InChI is InChI=1S/C9H12.CH4O/c1-7-4-5-8(2)9(3)6-7;1-2/h4-6H,1-3H3;2H,1H3. The lowest BCUT2D eigenvalue weighted by atomic mass is 10.1. The van der Waals surface area contributed by atoms with Crippen molar-refractivity contribution in [2.75, 3.05) is 7.11 Å². The number of hydrogen-bond donors (Lipinski definition) is 1. The smallest absolute Gasteiger partial charge is 0.0319 e. The summed E-state index contributed by atoms with van der Waals surface area (Å²) in [4.78, 5) is 0. The van der Waals surface area contributed by atoms with E-state index in [0.717, 1.165) is 7.11 Å². The van der Waals surface area contributed by atoms with Gasteiger partial charge in [0.05, 0.1) is 0 Å². The molecule has 62 valence electrons. The molecule has 0 bridgehead atoms. The summed E-state index contributed by atoms with van der Waals surface area (Å²) >= 11 is 0. The maximum atomic E-state index is 7.00. The first-order chi connectivity index (χ1) is 5.20. The average molecular weight is 152 g/mol. The second-order valence-electron chi connectivity index (χ2n) is 2.59. The van der Waals surface area contributed by atoms with Crippen LogP contribution in [-0.4, -0.2) is 12.2 Å². The van der Waals surface area contributed by atoms with Crippen LogP contribution in [0, 0.1) is 20.8 Å². The highest BCUT2D eigenvalue weighted by Crippen LogP contribution is 2.07. The summed E-state index contributed by atoms with van der Waals surface area (Å²) in [5.41, 5.74) is 4.11. The fraction of sp³-hybridized carbons (Fsp3) is 0.400. The third-order valence-electron chi connectivity index (χ3n) is 1.66. The van der Waals surface area contributed by atoms with Gasteiger partial charge in [0, 0.05) is 7.11 Å². The van der Waals surface area contributed by atoms with Gasteiger partial charge in [-0.05, 0) is 31.9 Å². The Morgan fingerprint density at radius 1 is 0.909 bits per heavy atom. The summed E-state index contributed by atoms with van der Waals surface area (Å²) < 4.78 is 0. The van der Waals surface area contributed by atoms with Crippen molar-refractivity contribution < 1.29 is 5.11 Å². The van der Waals surface area contributed by atoms with E-state index in [1.807, 2.05) is 0 Å². The molecular formula is C10H16O. The molecule has 0 heterocycles. The highest BCUT2D eigenvalue weighted by atomic mass is 16.2. The molecule has 0 saturated heterocycles. The number of benzene rings is 1. The van der Waals surface area contributed by atoms with Crippen molar-refractivity contribution in [1.29, 1.82) is 0 Å². The van der Waals surface area contributed by atoms with E-state index >= 15 is 0 Å². The monoisotopic (exact) mass is 152 g/mol. The molecule has 0 atom stereocenters. The van der Waals surface area contributed by atoms with Crippen molar-refractivity contribution >= 4 is 0 Å². The van der Waals surface area contributed by atoms with Crippen LogP contribution in [0.5, 0.6) is 0 Å². The Bertz CT molecular complexity index is 216. The average Bonchev–Trinajstić information content (AvgIpc) is 2.02. The fourth-order valence-electron chi connectivity index (χ4n) is 0.891. The first-order valence-corrected chi connectivity index (χ1v) is 3.69. The fourth-order valence-corrected chi connectivity index (χ4v) is 0.891. The van der Waals surface area contributed by atoms with E-state index in [1.54, 1.807) is 0 Å². The van der Waals surface area contributed by atoms with Crippen molar-refractivity contribution in [3.8, 4) is 0 Å². The Balaban J connectivity index is 0.000000461. The van der Waals surface area contributed by atoms with Gasteiger partial charge in [-0.3, -0.25) is 0 Å². The second-order valence-corrected chi connectivity index (χ2v) is 2.59. The van der Waals surface area contributed by atoms with Crippen molar-refractivity contribution in [2.45, 2.75) is 20.8 Å². The van der Waals surface area contributed by atoms with Crippen molar-refractivity contribution in [2.24, 2.45) is 0 Å². The van der Waals surface area contributed by atoms with E-state index in [1.165, 1.54) is 16.7 Å². The predicted octanol–water partition coefficient (Wildman–Crippen LogP) is 2.22. The zero-order valence-electron chi connectivity index (χ0n) is 7.68. The number of rotatable bonds is 0. The van der Waals surface area contributed by atoms with Crippen molar-refractivity contribution in [3.63, 3.8) is 0 Å². The Hall–Kier alpha value is -0.820. The Morgan fingerprint density at radius 2 is 1.45 bits per heavy atom. The summed E-state index contributed by atoms with van der Waals surface area (Å²) in [6.07, 6.45) is 0. The van der Waals surface area contributed by atoms with Gasteiger partial charge in [-0.1, -0.05) is 23.8 Å². The zero-order chi connectivity index (χ0) is 8.85. The van der Waals surface area contributed by atoms with Gasteiger partial charge >= 0.3 is 0 Å². The second kappa shape index (κ2) is 4.91. The molecule has 11 heavy (non-hydrogen) atoms. The molecule has 0 unspecified atom stereocenters. The van der Waals surface area contributed by atoms with Gasteiger partial charge in [-0.15, -0.1) is 0 Å². The third-order valence-corrected chi connectivity index (χ3v) is 1.66. The summed E-state index contributed by atoms with van der Waals surface area (Å²) in [6, 6.07) is 6.50. The number of hydrogen-bond acceptors (Lipinski definition) is 1. The molecule has 1 nitrogen and oxygen atoms in total. The van der Waals surface area contributed by atoms with Crippen LogP contribution in [0.15, 0.2) is 18.2 Å². The minimum atomic E-state index is 1.00. The molecule has 0 saturated carbocycles. The van der Waals surface area contributed by atoms with Crippen LogP contribution in [-0.2, 0) is 0 Å². The molecule has 0 aliphatic carbocycles. The molecule has 0 amide bonds. The molecule has 0 aliphatic heterocycles. The third kappa shape index (κ3) is 3.19. The van der Waals surface area contributed by atoms with Gasteiger partial charge in [0.1, 0.15) is 0 Å². The molecular weight excluding hydrogens is 136 g/mol. The van der Waals surface area contributed by atoms with Gasteiger partial charge in [0.2, 0.25) is 0 Å². The van der Waals surface area contributed by atoms with Crippen molar-refractivity contribution in [1.82, 2.24) is 0 Å². The first kappa shape index (κ1) is 10.2. The lowest BCUT2D eigenvalue weighted by molar-refractivity contribution is 0.399. The Kier molecular flexibility index (Phi) is 4.55. The van der Waals surface area contributed by atoms with E-state index in [2.05, 4.69) is 39.0 Å². The summed E-state index contributed by atoms with van der Waals surface area (Å²) in [7, 11) is 1.00. The van der Waals surface area contributed by atoms with Crippen LogP contribution in [0.25, 0.3) is 0 Å². The summed E-state index contributed by atoms with van der Waals surface area (Å²) in [5, 5.41) is 7.00. The van der Waals surface area contributed by atoms with E-state index in [9.17, 15) is 0 Å². The van der Waals surface area contributed by atoms with E-state index in [-0.39, 0.29) is 0 Å². The van der Waals surface area contributed by atoms with Gasteiger partial charge in [0.15, 0.2) is 0 Å². The molecule has 1 heteroatoms. The van der Waals surface area contributed by atoms with E-state index < -0.39 is 0 Å². The minimum Gasteiger partial charge on any atom is -0.400 e. The topological polar surface area (TPSA) is 20.2 Å². The van der Waals surface area contributed by atoms with Gasteiger partial charge in [-0.25, -0.2) is 0 Å². The predicted molar refractivity (Wildman–Crippen MR) is 48.8 cm³/mol. The molecule has 0 fully saturated rings. The first-order valence-electron chi connectivity index (χ1n) is 3.69. The minimum absolute atomic E-state index is 1.00. The Morgan fingerprint density at radius 3 is 1.82 bits per heavy atom. The SMILES string of the molecule is CO.Cc1ccc(C)c(C)c1. The van der Waals surface area contributed by atoms with Crippen molar-refractivity contribution in [3.05, 3.63) is 34.9 Å². The van der Waals surface area contributed by atoms with Crippen LogP contribution >= 0.6 is 0 Å². The maximum absolute atomic E-state index is 7.00. The lowest BCUT2D eigenvalue weighted by Gasteiger charge is -1.98. The normalized spacial score (nSPS) is 8.45. The maximum Gasteiger partial charge on any atom is 0.0319 e. The van der Waals surface area contributed by atoms with Gasteiger partial charge < -0.3 is 5.11 Å².